The highest BCUT2D eigenvalue weighted by Gasteiger charge is 2.27. The zero-order valence-corrected chi connectivity index (χ0v) is 10.2. The van der Waals surface area contributed by atoms with Gasteiger partial charge in [-0.05, 0) is 37.0 Å². The van der Waals surface area contributed by atoms with Gasteiger partial charge in [-0.15, -0.1) is 6.58 Å². The molecule has 0 radical (unpaired) electrons. The van der Waals surface area contributed by atoms with E-state index in [1.165, 1.54) is 25.7 Å². The molecule has 0 saturated carbocycles. The van der Waals surface area contributed by atoms with E-state index in [9.17, 15) is 0 Å². The maximum Gasteiger partial charge on any atom is -0.00515 e. The first-order chi connectivity index (χ1) is 6.50. The van der Waals surface area contributed by atoms with Crippen LogP contribution < -0.4 is 0 Å². The van der Waals surface area contributed by atoms with Gasteiger partial charge in [0.25, 0.3) is 0 Å². The molecule has 1 aliphatic rings. The molecule has 0 amide bonds. The first kappa shape index (κ1) is 11.6. The first-order valence-electron chi connectivity index (χ1n) is 5.83. The van der Waals surface area contributed by atoms with Gasteiger partial charge in [-0.1, -0.05) is 44.9 Å². The minimum Gasteiger partial charge on any atom is -0.102 e. The highest BCUT2D eigenvalue weighted by molar-refractivity contribution is 5.24. The van der Waals surface area contributed by atoms with Crippen LogP contribution in [0.1, 0.15) is 53.4 Å². The van der Waals surface area contributed by atoms with Gasteiger partial charge in [0.2, 0.25) is 0 Å². The quantitative estimate of drug-likeness (QED) is 0.567. The molecule has 1 atom stereocenters. The summed E-state index contributed by atoms with van der Waals surface area (Å²) in [7, 11) is 0. The summed E-state index contributed by atoms with van der Waals surface area (Å²) in [6.45, 7) is 13.2. The summed E-state index contributed by atoms with van der Waals surface area (Å²) in [5, 5.41) is 0. The molecule has 0 spiro atoms. The molecule has 0 N–H and O–H groups in total. The molecule has 0 aliphatic heterocycles. The van der Waals surface area contributed by atoms with Crippen molar-refractivity contribution in [2.45, 2.75) is 53.4 Å². The Kier molecular flexibility index (Phi) is 3.58. The van der Waals surface area contributed by atoms with Crippen LogP contribution in [0.15, 0.2) is 23.8 Å². The molecular weight excluding hydrogens is 168 g/mol. The summed E-state index contributed by atoms with van der Waals surface area (Å²) < 4.78 is 0. The normalized spacial score (nSPS) is 23.4. The molecule has 0 heterocycles. The van der Waals surface area contributed by atoms with Gasteiger partial charge in [-0.3, -0.25) is 0 Å². The lowest BCUT2D eigenvalue weighted by Gasteiger charge is -2.35. The molecule has 0 bridgehead atoms. The average Bonchev–Trinajstić information content (AvgIpc) is 2.15. The summed E-state index contributed by atoms with van der Waals surface area (Å²) in [4.78, 5) is 0. The number of rotatable bonds is 3. The van der Waals surface area contributed by atoms with E-state index in [-0.39, 0.29) is 0 Å². The van der Waals surface area contributed by atoms with E-state index in [2.05, 4.69) is 40.3 Å². The second-order valence-electron chi connectivity index (χ2n) is 5.35. The number of hydrogen-bond acceptors (Lipinski definition) is 0. The maximum atomic E-state index is 3.92. The molecule has 0 fully saturated rings. The predicted octanol–water partition coefficient (Wildman–Crippen LogP) is 4.73. The van der Waals surface area contributed by atoms with Crippen molar-refractivity contribution in [2.24, 2.45) is 11.3 Å². The standard InChI is InChI=1S/C14H24/c1-6-11(3)13-10-14(4,5)9-8-12(13)7-2/h6,11H,1,7-10H2,2-5H3. The molecule has 1 unspecified atom stereocenters. The lowest BCUT2D eigenvalue weighted by Crippen LogP contribution is -2.20. The fourth-order valence-electron chi connectivity index (χ4n) is 2.41. The van der Waals surface area contributed by atoms with Crippen LogP contribution in [-0.2, 0) is 0 Å². The van der Waals surface area contributed by atoms with Gasteiger partial charge in [0.05, 0.1) is 0 Å². The fraction of sp³-hybridized carbons (Fsp3) is 0.714. The third kappa shape index (κ3) is 2.50. The Morgan fingerprint density at radius 2 is 2.14 bits per heavy atom. The van der Waals surface area contributed by atoms with Crippen molar-refractivity contribution < 1.29 is 0 Å². The number of allylic oxidation sites excluding steroid dienone is 3. The Morgan fingerprint density at radius 3 is 2.64 bits per heavy atom. The van der Waals surface area contributed by atoms with Gasteiger partial charge in [0, 0.05) is 0 Å². The predicted molar refractivity (Wildman–Crippen MR) is 64.3 cm³/mol. The van der Waals surface area contributed by atoms with Crippen molar-refractivity contribution in [3.8, 4) is 0 Å². The van der Waals surface area contributed by atoms with Crippen LogP contribution in [0.3, 0.4) is 0 Å². The third-order valence-corrected chi connectivity index (χ3v) is 3.56. The highest BCUT2D eigenvalue weighted by Crippen LogP contribution is 2.42. The Balaban J connectivity index is 2.92. The van der Waals surface area contributed by atoms with Gasteiger partial charge in [0.1, 0.15) is 0 Å². The average molecular weight is 192 g/mol. The van der Waals surface area contributed by atoms with E-state index in [1.54, 1.807) is 11.1 Å². The lowest BCUT2D eigenvalue weighted by atomic mass is 9.71. The van der Waals surface area contributed by atoms with E-state index in [4.69, 9.17) is 0 Å². The maximum absolute atomic E-state index is 3.92. The summed E-state index contributed by atoms with van der Waals surface area (Å²) in [6, 6.07) is 0. The molecule has 0 aromatic rings. The van der Waals surface area contributed by atoms with E-state index < -0.39 is 0 Å². The minimum atomic E-state index is 0.505. The monoisotopic (exact) mass is 192 g/mol. The largest absolute Gasteiger partial charge is 0.102 e. The Bertz CT molecular complexity index is 243. The van der Waals surface area contributed by atoms with Crippen LogP contribution in [0.4, 0.5) is 0 Å². The zero-order valence-electron chi connectivity index (χ0n) is 10.2. The van der Waals surface area contributed by atoms with Crippen LogP contribution >= 0.6 is 0 Å². The van der Waals surface area contributed by atoms with Crippen LogP contribution in [0, 0.1) is 11.3 Å². The van der Waals surface area contributed by atoms with Crippen LogP contribution in [0.25, 0.3) is 0 Å². The third-order valence-electron chi connectivity index (χ3n) is 3.56. The van der Waals surface area contributed by atoms with Gasteiger partial charge in [-0.2, -0.15) is 0 Å². The Hall–Kier alpha value is -0.520. The second-order valence-corrected chi connectivity index (χ2v) is 5.35. The summed E-state index contributed by atoms with van der Waals surface area (Å²) in [5.41, 5.74) is 3.86. The molecule has 0 aromatic carbocycles. The topological polar surface area (TPSA) is 0 Å². The highest BCUT2D eigenvalue weighted by atomic mass is 14.3. The molecule has 0 aromatic heterocycles. The molecule has 1 rings (SSSR count). The molecule has 0 nitrogen and oxygen atoms in total. The molecular formula is C14H24. The van der Waals surface area contributed by atoms with Gasteiger partial charge >= 0.3 is 0 Å². The van der Waals surface area contributed by atoms with Crippen LogP contribution in [0.5, 0.6) is 0 Å². The van der Waals surface area contributed by atoms with Crippen molar-refractivity contribution in [2.75, 3.05) is 0 Å². The minimum absolute atomic E-state index is 0.505. The van der Waals surface area contributed by atoms with Crippen molar-refractivity contribution in [3.05, 3.63) is 23.8 Å². The van der Waals surface area contributed by atoms with Crippen LogP contribution in [0.2, 0.25) is 0 Å². The van der Waals surface area contributed by atoms with Crippen LogP contribution in [-0.4, -0.2) is 0 Å². The molecule has 0 heteroatoms. The van der Waals surface area contributed by atoms with Gasteiger partial charge < -0.3 is 0 Å². The van der Waals surface area contributed by atoms with Crippen molar-refractivity contribution >= 4 is 0 Å². The van der Waals surface area contributed by atoms with E-state index in [0.29, 0.717) is 11.3 Å². The SMILES string of the molecule is C=CC(C)C1=C(CC)CCC(C)(C)C1. The fourth-order valence-corrected chi connectivity index (χ4v) is 2.41. The zero-order chi connectivity index (χ0) is 10.8. The van der Waals surface area contributed by atoms with Crippen molar-refractivity contribution in [1.82, 2.24) is 0 Å². The summed E-state index contributed by atoms with van der Waals surface area (Å²) in [5.74, 6) is 0.574. The van der Waals surface area contributed by atoms with E-state index in [1.807, 2.05) is 0 Å². The second kappa shape index (κ2) is 4.33. The summed E-state index contributed by atoms with van der Waals surface area (Å²) in [6.07, 6.45) is 7.24. The van der Waals surface area contributed by atoms with Crippen molar-refractivity contribution in [1.29, 1.82) is 0 Å². The van der Waals surface area contributed by atoms with E-state index >= 15 is 0 Å². The van der Waals surface area contributed by atoms with E-state index in [0.717, 1.165) is 0 Å². The lowest BCUT2D eigenvalue weighted by molar-refractivity contribution is 0.302. The Morgan fingerprint density at radius 1 is 1.50 bits per heavy atom. The first-order valence-corrected chi connectivity index (χ1v) is 5.83. The molecule has 1 aliphatic carbocycles. The van der Waals surface area contributed by atoms with Gasteiger partial charge in [0.15, 0.2) is 0 Å². The molecule has 80 valence electrons. The number of hydrogen-bond donors (Lipinski definition) is 0. The van der Waals surface area contributed by atoms with Crippen molar-refractivity contribution in [3.63, 3.8) is 0 Å². The molecule has 0 saturated heterocycles. The summed E-state index contributed by atoms with van der Waals surface area (Å²) >= 11 is 0. The smallest absolute Gasteiger partial charge is 0.00515 e. The van der Waals surface area contributed by atoms with Gasteiger partial charge in [-0.25, -0.2) is 0 Å². The molecule has 14 heavy (non-hydrogen) atoms. The Labute approximate surface area is 89.1 Å².